The van der Waals surface area contributed by atoms with Crippen molar-refractivity contribution < 1.29 is 78.1 Å². The summed E-state index contributed by atoms with van der Waals surface area (Å²) in [5.74, 6) is -2.78. The Hall–Kier alpha value is -3.23. The topological polar surface area (TPSA) is 293 Å². The molecule has 394 valence electrons. The van der Waals surface area contributed by atoms with Crippen LogP contribution < -0.4 is 5.73 Å². The van der Waals surface area contributed by atoms with Crippen LogP contribution in [0.25, 0.3) is 0 Å². The summed E-state index contributed by atoms with van der Waals surface area (Å²) in [4.78, 5) is 47.6. The molecule has 0 radical (unpaired) electrons. The van der Waals surface area contributed by atoms with Gasteiger partial charge >= 0.3 is 25.7 Å². The number of thioether (sulfide) groups is 1. The maximum absolute atomic E-state index is 13.3. The van der Waals surface area contributed by atoms with E-state index in [-0.39, 0.29) is 31.4 Å². The third-order valence-corrected chi connectivity index (χ3v) is 13.1. The van der Waals surface area contributed by atoms with Crippen molar-refractivity contribution in [2.75, 3.05) is 19.0 Å². The minimum Gasteiger partial charge on any atom is -0.481 e. The normalized spacial score (nSPS) is 22.9. The predicted octanol–water partition coefficient (Wildman–Crippen LogP) is 6.59. The molecule has 3 unspecified atom stereocenters. The molecule has 1 aliphatic carbocycles. The number of ether oxygens (including phenoxy) is 2. The van der Waals surface area contributed by atoms with Crippen LogP contribution in [0.2, 0.25) is 0 Å². The van der Waals surface area contributed by atoms with E-state index in [1.807, 2.05) is 18.2 Å². The first-order chi connectivity index (χ1) is 33.0. The average molecular weight is 1020 g/mol. The number of allylic oxidation sites excluding steroid dienone is 13. The van der Waals surface area contributed by atoms with Gasteiger partial charge in [-0.15, -0.1) is 11.8 Å². The van der Waals surface area contributed by atoms with Crippen LogP contribution in [0.5, 0.6) is 0 Å². The second-order valence-electron chi connectivity index (χ2n) is 16.8. The van der Waals surface area contributed by atoms with Gasteiger partial charge in [0.2, 0.25) is 0 Å². The lowest BCUT2D eigenvalue weighted by atomic mass is 9.85. The lowest BCUT2D eigenvalue weighted by molar-refractivity contribution is -0.220. The van der Waals surface area contributed by atoms with Gasteiger partial charge in [0.15, 0.2) is 6.10 Å². The molecule has 0 aromatic heterocycles. The number of carbonyl (C=O) groups is 3. The molecule has 0 bridgehead atoms. The number of hydrogen-bond acceptors (Lipinski definition) is 16. The molecule has 0 amide bonds. The molecule has 11 atom stereocenters. The number of carboxylic acid groups (broad SMARTS) is 1. The summed E-state index contributed by atoms with van der Waals surface area (Å²) in [6.07, 6.45) is 26.6. The maximum atomic E-state index is 13.3. The summed E-state index contributed by atoms with van der Waals surface area (Å²) in [6.45, 7) is 2.70. The van der Waals surface area contributed by atoms with Crippen LogP contribution in [0.3, 0.4) is 0 Å². The standard InChI is InChI=1S/C50H82NO16PS/c1-3-5-7-9-11-13-15-17-18-19-21-23-25-27-29-34-43(55)64-35-38(36-65-68(62,63)67-49-47(59)45(57)44(56)46(58)48(49)60)66-50(61)39(51)37-69-41(40(52)31-30-33-42(53)54)32-28-26-24-22-20-16-14-12-10-8-6-4-2/h5,7,11-14,17-18,20,22,24,26,28,32,38-41,44-49,52,56-60H,3-4,6,8-10,15-16,19,21,23,25,27,29-31,33-37,51H2,1-2H3,(H,53,54)(H,62,63)/b7-5-,13-11-,14-12-,18-17-,22-20-,26-24+,32-28+/t38-,39+,40+,41-,44?,45-,46+,47-,48-,49?/m1/s1. The van der Waals surface area contributed by atoms with Crippen LogP contribution in [0.1, 0.15) is 129 Å². The molecular weight excluding hydrogens is 934 g/mol. The van der Waals surface area contributed by atoms with E-state index in [0.717, 1.165) is 82.4 Å². The van der Waals surface area contributed by atoms with Gasteiger partial charge in [-0.2, -0.15) is 0 Å². The number of carboxylic acids is 1. The van der Waals surface area contributed by atoms with Gasteiger partial charge in [-0.1, -0.05) is 131 Å². The molecule has 1 fully saturated rings. The zero-order valence-electron chi connectivity index (χ0n) is 40.5. The Bertz CT molecular complexity index is 1650. The maximum Gasteiger partial charge on any atom is 0.472 e. The molecule has 17 nitrogen and oxygen atoms in total. The summed E-state index contributed by atoms with van der Waals surface area (Å²) in [5.41, 5.74) is 6.21. The van der Waals surface area contributed by atoms with Crippen molar-refractivity contribution in [2.24, 2.45) is 5.73 Å². The van der Waals surface area contributed by atoms with E-state index in [2.05, 4.69) is 62.5 Å². The smallest absolute Gasteiger partial charge is 0.472 e. The molecule has 1 saturated carbocycles. The second kappa shape index (κ2) is 39.4. The highest BCUT2D eigenvalue weighted by Gasteiger charge is 2.51. The zero-order valence-corrected chi connectivity index (χ0v) is 42.2. The van der Waals surface area contributed by atoms with Crippen molar-refractivity contribution in [1.82, 2.24) is 0 Å². The SMILES string of the molecule is CC/C=C\C/C=C\C/C=C\CCCCCCCC(=O)OC[C@H](COP(=O)(O)OC1[C@H](O)[C@H](O)C(O)[C@H](O)[C@H]1O)OC(=O)[C@@H](N)CS[C@H](/C=C/C=C/C=C\C/C=C\CCCCC)[C@@H](O)CCCC(=O)O. The van der Waals surface area contributed by atoms with Crippen LogP contribution in [-0.2, 0) is 37.5 Å². The van der Waals surface area contributed by atoms with Gasteiger partial charge in [0.1, 0.15) is 49.3 Å². The molecule has 1 rings (SSSR count). The van der Waals surface area contributed by atoms with E-state index < -0.39 is 99.1 Å². The monoisotopic (exact) mass is 1020 g/mol. The minimum absolute atomic E-state index is 0.0403. The molecular formula is C50H82NO16PS. The Balaban J connectivity index is 2.92. The number of aliphatic hydroxyl groups is 6. The molecule has 0 aliphatic heterocycles. The number of unbranched alkanes of at least 4 members (excludes halogenated alkanes) is 8. The van der Waals surface area contributed by atoms with Crippen LogP contribution >= 0.6 is 19.6 Å². The number of aliphatic hydroxyl groups excluding tert-OH is 6. The van der Waals surface area contributed by atoms with Crippen molar-refractivity contribution in [3.63, 3.8) is 0 Å². The first kappa shape index (κ1) is 63.8. The zero-order chi connectivity index (χ0) is 51.3. The van der Waals surface area contributed by atoms with Crippen molar-refractivity contribution in [1.29, 1.82) is 0 Å². The predicted molar refractivity (Wildman–Crippen MR) is 268 cm³/mol. The number of carbonyl (C=O) groups excluding carboxylic acids is 2. The van der Waals surface area contributed by atoms with Crippen molar-refractivity contribution in [3.8, 4) is 0 Å². The highest BCUT2D eigenvalue weighted by Crippen LogP contribution is 2.47. The average Bonchev–Trinajstić information content (AvgIpc) is 3.32. The molecule has 10 N–H and O–H groups in total. The van der Waals surface area contributed by atoms with Gasteiger partial charge in [0.25, 0.3) is 0 Å². The highest BCUT2D eigenvalue weighted by atomic mass is 32.2. The van der Waals surface area contributed by atoms with E-state index in [1.165, 1.54) is 12.8 Å². The van der Waals surface area contributed by atoms with Gasteiger partial charge < -0.3 is 55.8 Å². The largest absolute Gasteiger partial charge is 0.481 e. The van der Waals surface area contributed by atoms with Crippen molar-refractivity contribution in [3.05, 3.63) is 85.1 Å². The van der Waals surface area contributed by atoms with Gasteiger partial charge in [0.05, 0.1) is 12.7 Å². The summed E-state index contributed by atoms with van der Waals surface area (Å²) < 4.78 is 33.7. The molecule has 0 aromatic rings. The Kier molecular flexibility index (Phi) is 36.4. The van der Waals surface area contributed by atoms with Gasteiger partial charge in [-0.3, -0.25) is 23.4 Å². The van der Waals surface area contributed by atoms with Gasteiger partial charge in [0, 0.05) is 23.8 Å². The van der Waals surface area contributed by atoms with Crippen LogP contribution in [0.4, 0.5) is 0 Å². The van der Waals surface area contributed by atoms with E-state index in [4.69, 9.17) is 29.4 Å². The number of esters is 2. The minimum atomic E-state index is -5.29. The first-order valence-corrected chi connectivity index (χ1v) is 26.9. The summed E-state index contributed by atoms with van der Waals surface area (Å²) in [5, 5.41) is 69.9. The number of nitrogens with two attached hydrogens (primary N) is 1. The second-order valence-corrected chi connectivity index (χ2v) is 19.4. The van der Waals surface area contributed by atoms with Crippen molar-refractivity contribution in [2.45, 2.75) is 190 Å². The number of phosphoric acid groups is 1. The molecule has 0 aromatic carbocycles. The third-order valence-electron chi connectivity index (χ3n) is 10.7. The number of aliphatic carboxylic acids is 1. The number of rotatable bonds is 39. The summed E-state index contributed by atoms with van der Waals surface area (Å²) >= 11 is 1.11. The fourth-order valence-electron chi connectivity index (χ4n) is 6.67. The molecule has 0 heterocycles. The van der Waals surface area contributed by atoms with E-state index in [9.17, 15) is 54.5 Å². The summed E-state index contributed by atoms with van der Waals surface area (Å²) in [7, 11) is -5.29. The van der Waals surface area contributed by atoms with Crippen LogP contribution in [0, 0.1) is 0 Å². The highest BCUT2D eigenvalue weighted by molar-refractivity contribution is 8.00. The quantitative estimate of drug-likeness (QED) is 0.0103. The van der Waals surface area contributed by atoms with Crippen LogP contribution in [-0.4, -0.2) is 138 Å². The van der Waals surface area contributed by atoms with Gasteiger partial charge in [-0.25, -0.2) is 4.57 Å². The Morgan fingerprint density at radius 3 is 1.88 bits per heavy atom. The molecule has 0 spiro atoms. The fraction of sp³-hybridized carbons (Fsp3) is 0.660. The van der Waals surface area contributed by atoms with Crippen molar-refractivity contribution >= 4 is 37.5 Å². The van der Waals surface area contributed by atoms with E-state index >= 15 is 0 Å². The lowest BCUT2D eigenvalue weighted by Crippen LogP contribution is -2.64. The van der Waals surface area contributed by atoms with E-state index in [0.29, 0.717) is 6.42 Å². The Morgan fingerprint density at radius 2 is 1.25 bits per heavy atom. The molecule has 69 heavy (non-hydrogen) atoms. The first-order valence-electron chi connectivity index (χ1n) is 24.3. The Labute approximate surface area is 413 Å². The molecule has 0 saturated heterocycles. The molecule has 19 heteroatoms. The van der Waals surface area contributed by atoms with Gasteiger partial charge in [-0.05, 0) is 70.6 Å². The third kappa shape index (κ3) is 31.0. The fourth-order valence-corrected chi connectivity index (χ4v) is 8.76. The Morgan fingerprint density at radius 1 is 0.681 bits per heavy atom. The lowest BCUT2D eigenvalue weighted by Gasteiger charge is -2.41. The number of hydrogen-bond donors (Lipinski definition) is 9. The van der Waals surface area contributed by atoms with E-state index in [1.54, 1.807) is 18.2 Å². The number of phosphoric ester groups is 1. The van der Waals surface area contributed by atoms with Crippen LogP contribution in [0.15, 0.2) is 85.1 Å². The summed E-state index contributed by atoms with van der Waals surface area (Å²) in [6, 6.07) is -1.34. The molecule has 1 aliphatic rings.